The van der Waals surface area contributed by atoms with Gasteiger partial charge in [0.15, 0.2) is 0 Å². The van der Waals surface area contributed by atoms with Gasteiger partial charge in [0.2, 0.25) is 0 Å². The van der Waals surface area contributed by atoms with Crippen LogP contribution in [-0.4, -0.2) is 4.98 Å². The molecule has 3 rings (SSSR count). The molecule has 0 unspecified atom stereocenters. The summed E-state index contributed by atoms with van der Waals surface area (Å²) < 4.78 is 0. The SMILES string of the molecule is Cc1cc(-c2ccccc2)nc2ccc(Cl)cc12. The Morgan fingerprint density at radius 1 is 0.944 bits per heavy atom. The number of hydrogen-bond donors (Lipinski definition) is 0. The Labute approximate surface area is 111 Å². The lowest BCUT2D eigenvalue weighted by Gasteiger charge is -2.07. The number of fused-ring (bicyclic) bond motifs is 1. The van der Waals surface area contributed by atoms with Crippen LogP contribution in [0.15, 0.2) is 54.6 Å². The Morgan fingerprint density at radius 2 is 1.72 bits per heavy atom. The topological polar surface area (TPSA) is 12.9 Å². The summed E-state index contributed by atoms with van der Waals surface area (Å²) >= 11 is 6.02. The molecule has 0 aliphatic carbocycles. The number of hydrogen-bond acceptors (Lipinski definition) is 1. The summed E-state index contributed by atoms with van der Waals surface area (Å²) in [6, 6.07) is 18.1. The summed E-state index contributed by atoms with van der Waals surface area (Å²) in [6.45, 7) is 2.09. The van der Waals surface area contributed by atoms with E-state index in [0.717, 1.165) is 27.2 Å². The van der Waals surface area contributed by atoms with Gasteiger partial charge in [-0.3, -0.25) is 0 Å². The van der Waals surface area contributed by atoms with Crippen LogP contribution in [0.3, 0.4) is 0 Å². The number of aromatic nitrogens is 1. The van der Waals surface area contributed by atoms with Crippen LogP contribution >= 0.6 is 11.6 Å². The van der Waals surface area contributed by atoms with Gasteiger partial charge in [0.05, 0.1) is 11.2 Å². The van der Waals surface area contributed by atoms with Crippen molar-refractivity contribution in [2.75, 3.05) is 0 Å². The molecule has 2 aromatic carbocycles. The molecule has 1 aromatic heterocycles. The molecule has 0 N–H and O–H groups in total. The van der Waals surface area contributed by atoms with Crippen LogP contribution in [0.25, 0.3) is 22.2 Å². The van der Waals surface area contributed by atoms with Crippen LogP contribution in [0, 0.1) is 6.92 Å². The van der Waals surface area contributed by atoms with E-state index in [1.54, 1.807) is 0 Å². The minimum absolute atomic E-state index is 0.750. The monoisotopic (exact) mass is 253 g/mol. The smallest absolute Gasteiger partial charge is 0.0713 e. The Bertz CT molecular complexity index is 705. The van der Waals surface area contributed by atoms with E-state index < -0.39 is 0 Å². The van der Waals surface area contributed by atoms with Gasteiger partial charge in [0.25, 0.3) is 0 Å². The standard InChI is InChI=1S/C16H12ClN/c1-11-9-16(12-5-3-2-4-6-12)18-15-8-7-13(17)10-14(11)15/h2-10H,1H3. The summed E-state index contributed by atoms with van der Waals surface area (Å²) in [4.78, 5) is 4.69. The number of pyridine rings is 1. The second-order valence-electron chi connectivity index (χ2n) is 4.35. The molecule has 1 heterocycles. The van der Waals surface area contributed by atoms with Gasteiger partial charge < -0.3 is 0 Å². The van der Waals surface area contributed by atoms with Gasteiger partial charge in [0.1, 0.15) is 0 Å². The first kappa shape index (κ1) is 11.2. The Balaban J connectivity index is 2.25. The lowest BCUT2D eigenvalue weighted by atomic mass is 10.1. The lowest BCUT2D eigenvalue weighted by Crippen LogP contribution is -1.88. The second kappa shape index (κ2) is 4.43. The van der Waals surface area contributed by atoms with E-state index in [0.29, 0.717) is 0 Å². The van der Waals surface area contributed by atoms with Crippen LogP contribution in [0.4, 0.5) is 0 Å². The summed E-state index contributed by atoms with van der Waals surface area (Å²) in [5, 5.41) is 1.86. The fourth-order valence-electron chi connectivity index (χ4n) is 2.12. The van der Waals surface area contributed by atoms with Gasteiger partial charge in [-0.1, -0.05) is 41.9 Å². The van der Waals surface area contributed by atoms with Crippen molar-refractivity contribution in [3.63, 3.8) is 0 Å². The molecule has 0 spiro atoms. The van der Waals surface area contributed by atoms with Crippen molar-refractivity contribution in [2.24, 2.45) is 0 Å². The molecule has 2 heteroatoms. The molecule has 3 aromatic rings. The van der Waals surface area contributed by atoms with Gasteiger partial charge >= 0.3 is 0 Å². The quantitative estimate of drug-likeness (QED) is 0.603. The zero-order valence-electron chi connectivity index (χ0n) is 10.0. The molecule has 0 bridgehead atoms. The predicted molar refractivity (Wildman–Crippen MR) is 76.9 cm³/mol. The predicted octanol–water partition coefficient (Wildman–Crippen LogP) is 4.86. The van der Waals surface area contributed by atoms with Crippen LogP contribution in [0.2, 0.25) is 5.02 Å². The van der Waals surface area contributed by atoms with Gasteiger partial charge in [-0.2, -0.15) is 0 Å². The molecule has 0 saturated carbocycles. The van der Waals surface area contributed by atoms with Crippen LogP contribution in [0.5, 0.6) is 0 Å². The molecule has 0 saturated heterocycles. The van der Waals surface area contributed by atoms with Crippen molar-refractivity contribution >= 4 is 22.5 Å². The molecular weight excluding hydrogens is 242 g/mol. The third-order valence-electron chi connectivity index (χ3n) is 3.05. The number of aryl methyl sites for hydroxylation is 1. The molecular formula is C16H12ClN. The Hall–Kier alpha value is -1.86. The van der Waals surface area contributed by atoms with E-state index in [-0.39, 0.29) is 0 Å². The van der Waals surface area contributed by atoms with Crippen molar-refractivity contribution in [2.45, 2.75) is 6.92 Å². The summed E-state index contributed by atoms with van der Waals surface area (Å²) in [6.07, 6.45) is 0. The maximum Gasteiger partial charge on any atom is 0.0713 e. The van der Waals surface area contributed by atoms with Crippen molar-refractivity contribution in [3.05, 3.63) is 65.2 Å². The fourth-order valence-corrected chi connectivity index (χ4v) is 2.30. The minimum atomic E-state index is 0.750. The summed E-state index contributed by atoms with van der Waals surface area (Å²) in [7, 11) is 0. The average molecular weight is 254 g/mol. The van der Waals surface area contributed by atoms with E-state index in [1.165, 1.54) is 5.56 Å². The fraction of sp³-hybridized carbons (Fsp3) is 0.0625. The maximum atomic E-state index is 6.02. The molecule has 0 fully saturated rings. The molecule has 0 amide bonds. The molecule has 0 aliphatic heterocycles. The van der Waals surface area contributed by atoms with E-state index >= 15 is 0 Å². The van der Waals surface area contributed by atoms with Crippen molar-refractivity contribution in [1.29, 1.82) is 0 Å². The van der Waals surface area contributed by atoms with Gasteiger partial charge in [0, 0.05) is 16.0 Å². The van der Waals surface area contributed by atoms with Crippen LogP contribution < -0.4 is 0 Å². The van der Waals surface area contributed by atoms with Crippen molar-refractivity contribution in [1.82, 2.24) is 4.98 Å². The van der Waals surface area contributed by atoms with Gasteiger partial charge in [-0.15, -0.1) is 0 Å². The molecule has 1 nitrogen and oxygen atoms in total. The highest BCUT2D eigenvalue weighted by atomic mass is 35.5. The first-order valence-corrected chi connectivity index (χ1v) is 6.24. The van der Waals surface area contributed by atoms with Crippen LogP contribution in [-0.2, 0) is 0 Å². The van der Waals surface area contributed by atoms with Crippen LogP contribution in [0.1, 0.15) is 5.56 Å². The molecule has 18 heavy (non-hydrogen) atoms. The highest BCUT2D eigenvalue weighted by Gasteiger charge is 2.05. The second-order valence-corrected chi connectivity index (χ2v) is 4.79. The zero-order valence-corrected chi connectivity index (χ0v) is 10.8. The van der Waals surface area contributed by atoms with Crippen molar-refractivity contribution < 1.29 is 0 Å². The summed E-state index contributed by atoms with van der Waals surface area (Å²) in [5.74, 6) is 0. The number of nitrogens with zero attached hydrogens (tertiary/aromatic N) is 1. The normalized spacial score (nSPS) is 10.8. The Morgan fingerprint density at radius 3 is 2.50 bits per heavy atom. The van der Waals surface area contributed by atoms with E-state index in [2.05, 4.69) is 30.1 Å². The van der Waals surface area contributed by atoms with E-state index in [9.17, 15) is 0 Å². The molecule has 0 atom stereocenters. The molecule has 88 valence electrons. The average Bonchev–Trinajstić information content (AvgIpc) is 2.40. The van der Waals surface area contributed by atoms with Crippen molar-refractivity contribution in [3.8, 4) is 11.3 Å². The maximum absolute atomic E-state index is 6.02. The highest BCUT2D eigenvalue weighted by Crippen LogP contribution is 2.26. The Kier molecular flexibility index (Phi) is 2.77. The zero-order chi connectivity index (χ0) is 12.5. The summed E-state index contributed by atoms with van der Waals surface area (Å²) in [5.41, 5.74) is 4.32. The third kappa shape index (κ3) is 1.98. The number of benzene rings is 2. The first-order chi connectivity index (χ1) is 8.74. The van der Waals surface area contributed by atoms with Gasteiger partial charge in [-0.05, 0) is 36.8 Å². The molecule has 0 aliphatic rings. The van der Waals surface area contributed by atoms with E-state index in [1.807, 2.05) is 36.4 Å². The lowest BCUT2D eigenvalue weighted by molar-refractivity contribution is 1.36. The third-order valence-corrected chi connectivity index (χ3v) is 3.28. The number of rotatable bonds is 1. The minimum Gasteiger partial charge on any atom is -0.248 e. The van der Waals surface area contributed by atoms with Gasteiger partial charge in [-0.25, -0.2) is 4.98 Å². The highest BCUT2D eigenvalue weighted by molar-refractivity contribution is 6.31. The molecule has 0 radical (unpaired) electrons. The first-order valence-electron chi connectivity index (χ1n) is 5.86. The number of halogens is 1. The van der Waals surface area contributed by atoms with E-state index in [4.69, 9.17) is 11.6 Å². The largest absolute Gasteiger partial charge is 0.248 e.